The van der Waals surface area contributed by atoms with Crippen LogP contribution in [0.3, 0.4) is 0 Å². The molecule has 1 aliphatic rings. The van der Waals surface area contributed by atoms with Gasteiger partial charge in [-0.3, -0.25) is 13.9 Å². The summed E-state index contributed by atoms with van der Waals surface area (Å²) >= 11 is 18.4. The first kappa shape index (κ1) is 31.2. The van der Waals surface area contributed by atoms with Crippen LogP contribution in [0.5, 0.6) is 0 Å². The van der Waals surface area contributed by atoms with E-state index in [9.17, 15) is 18.0 Å². The first-order chi connectivity index (χ1) is 19.6. The third kappa shape index (κ3) is 7.74. The lowest BCUT2D eigenvalue weighted by Crippen LogP contribution is -2.53. The third-order valence-electron chi connectivity index (χ3n) is 7.15. The number of benzene rings is 3. The number of hydrogen-bond donors (Lipinski definition) is 1. The van der Waals surface area contributed by atoms with E-state index in [2.05, 4.69) is 5.32 Å². The fourth-order valence-corrected chi connectivity index (χ4v) is 6.81. The molecule has 41 heavy (non-hydrogen) atoms. The number of nitrogens with zero attached hydrogens (tertiary/aromatic N) is 2. The molecule has 0 aliphatic heterocycles. The van der Waals surface area contributed by atoms with Crippen LogP contribution in [0.2, 0.25) is 15.1 Å². The second-order valence-corrected chi connectivity index (χ2v) is 13.1. The van der Waals surface area contributed by atoms with Crippen molar-refractivity contribution in [3.63, 3.8) is 0 Å². The van der Waals surface area contributed by atoms with E-state index in [4.69, 9.17) is 34.8 Å². The van der Waals surface area contributed by atoms with Crippen molar-refractivity contribution in [1.29, 1.82) is 0 Å². The maximum absolute atomic E-state index is 14.1. The molecular formula is C30H32Cl3N3O4S. The Hall–Kier alpha value is -2.78. The highest BCUT2D eigenvalue weighted by Gasteiger charge is 2.34. The second kappa shape index (κ2) is 13.9. The normalized spacial score (nSPS) is 14.4. The van der Waals surface area contributed by atoms with Gasteiger partial charge in [-0.1, -0.05) is 84.9 Å². The maximum Gasteiger partial charge on any atom is 0.264 e. The van der Waals surface area contributed by atoms with Crippen molar-refractivity contribution in [2.45, 2.75) is 62.6 Å². The zero-order chi connectivity index (χ0) is 29.6. The number of carbonyl (C=O) groups excluding carboxylic acids is 2. The summed E-state index contributed by atoms with van der Waals surface area (Å²) in [6, 6.07) is 18.4. The number of nitrogens with one attached hydrogen (secondary N) is 1. The molecule has 1 aliphatic carbocycles. The van der Waals surface area contributed by atoms with Crippen molar-refractivity contribution >= 4 is 62.3 Å². The molecule has 0 heterocycles. The molecule has 3 aromatic carbocycles. The second-order valence-electron chi connectivity index (χ2n) is 9.99. The predicted octanol–water partition coefficient (Wildman–Crippen LogP) is 6.71. The fraction of sp³-hybridized carbons (Fsp3) is 0.333. The average molecular weight is 637 g/mol. The molecule has 0 bridgehead atoms. The largest absolute Gasteiger partial charge is 0.352 e. The summed E-state index contributed by atoms with van der Waals surface area (Å²) in [5.74, 6) is -0.798. The Morgan fingerprint density at radius 2 is 1.59 bits per heavy atom. The van der Waals surface area contributed by atoms with Gasteiger partial charge in [0.15, 0.2) is 0 Å². The molecule has 3 aromatic rings. The molecule has 0 unspecified atom stereocenters. The third-order valence-corrected chi connectivity index (χ3v) is 9.93. The van der Waals surface area contributed by atoms with Crippen molar-refractivity contribution in [3.05, 3.63) is 93.4 Å². The Kier molecular flexibility index (Phi) is 10.6. The van der Waals surface area contributed by atoms with Crippen LogP contribution in [0.25, 0.3) is 0 Å². The summed E-state index contributed by atoms with van der Waals surface area (Å²) in [5, 5.41) is 4.03. The monoisotopic (exact) mass is 635 g/mol. The number of hydrogen-bond acceptors (Lipinski definition) is 4. The van der Waals surface area contributed by atoms with Gasteiger partial charge in [-0.05, 0) is 67.3 Å². The van der Waals surface area contributed by atoms with E-state index in [-0.39, 0.29) is 39.1 Å². The van der Waals surface area contributed by atoms with Gasteiger partial charge in [-0.15, -0.1) is 0 Å². The van der Waals surface area contributed by atoms with E-state index in [1.54, 1.807) is 42.5 Å². The molecule has 1 N–H and O–H groups in total. The average Bonchev–Trinajstić information content (AvgIpc) is 3.47. The molecule has 0 radical (unpaired) electrons. The molecule has 4 rings (SSSR count). The van der Waals surface area contributed by atoms with E-state index >= 15 is 0 Å². The molecule has 0 aromatic heterocycles. The molecule has 2 amide bonds. The van der Waals surface area contributed by atoms with Gasteiger partial charge in [0, 0.05) is 17.6 Å². The number of sulfonamides is 1. The van der Waals surface area contributed by atoms with Gasteiger partial charge >= 0.3 is 0 Å². The Morgan fingerprint density at radius 3 is 2.20 bits per heavy atom. The zero-order valence-electron chi connectivity index (χ0n) is 22.6. The minimum Gasteiger partial charge on any atom is -0.352 e. The summed E-state index contributed by atoms with van der Waals surface area (Å²) in [5.41, 5.74) is 0.924. The number of anilines is 1. The zero-order valence-corrected chi connectivity index (χ0v) is 25.7. The molecule has 7 nitrogen and oxygen atoms in total. The maximum atomic E-state index is 14.1. The van der Waals surface area contributed by atoms with Crippen LogP contribution in [0.1, 0.15) is 44.6 Å². The molecule has 1 fully saturated rings. The highest BCUT2D eigenvalue weighted by atomic mass is 35.5. The fourth-order valence-electron chi connectivity index (χ4n) is 4.96. The van der Waals surface area contributed by atoms with E-state index in [0.29, 0.717) is 11.4 Å². The van der Waals surface area contributed by atoms with E-state index < -0.39 is 28.5 Å². The quantitative estimate of drug-likeness (QED) is 0.254. The Labute approximate surface area is 256 Å². The Morgan fingerprint density at radius 1 is 0.927 bits per heavy atom. The first-order valence-corrected chi connectivity index (χ1v) is 16.0. The van der Waals surface area contributed by atoms with Crippen LogP contribution in [-0.4, -0.2) is 43.8 Å². The predicted molar refractivity (Wildman–Crippen MR) is 164 cm³/mol. The van der Waals surface area contributed by atoms with Crippen molar-refractivity contribution in [2.24, 2.45) is 0 Å². The topological polar surface area (TPSA) is 86.8 Å². The van der Waals surface area contributed by atoms with Gasteiger partial charge in [0.05, 0.1) is 20.6 Å². The van der Waals surface area contributed by atoms with Crippen LogP contribution in [0.15, 0.2) is 77.7 Å². The lowest BCUT2D eigenvalue weighted by molar-refractivity contribution is -0.140. The SMILES string of the molecule is CC[C@@H](C(=O)NC1CCCC1)N(Cc1ccc(Cl)cc1)C(=O)CN(c1ccc(Cl)c(Cl)c1)S(=O)(=O)c1ccccc1. The van der Waals surface area contributed by atoms with Crippen molar-refractivity contribution in [3.8, 4) is 0 Å². The van der Waals surface area contributed by atoms with Gasteiger partial charge in [-0.25, -0.2) is 8.42 Å². The molecule has 1 saturated carbocycles. The van der Waals surface area contributed by atoms with Gasteiger partial charge in [0.25, 0.3) is 10.0 Å². The van der Waals surface area contributed by atoms with Crippen LogP contribution in [0, 0.1) is 0 Å². The molecule has 1 atom stereocenters. The van der Waals surface area contributed by atoms with Crippen LogP contribution >= 0.6 is 34.8 Å². The number of halogens is 3. The van der Waals surface area contributed by atoms with Crippen molar-refractivity contribution in [1.82, 2.24) is 10.2 Å². The summed E-state index contributed by atoms with van der Waals surface area (Å²) in [6.07, 6.45) is 4.23. The Bertz CT molecular complexity index is 1460. The molecule has 0 saturated heterocycles. The van der Waals surface area contributed by atoms with Gasteiger partial charge in [-0.2, -0.15) is 0 Å². The van der Waals surface area contributed by atoms with Crippen LogP contribution in [-0.2, 0) is 26.2 Å². The van der Waals surface area contributed by atoms with E-state index in [1.807, 2.05) is 6.92 Å². The standard InChI is InChI=1S/C30H32Cl3N3O4S/c1-2-28(30(38)34-23-8-6-7-9-23)35(19-21-12-14-22(31)15-13-21)29(37)20-36(24-16-17-26(32)27(33)18-24)41(39,40)25-10-4-3-5-11-25/h3-5,10-18,23,28H,2,6-9,19-20H2,1H3,(H,34,38)/t28-/m0/s1. The Balaban J connectivity index is 1.72. The molecule has 0 spiro atoms. The summed E-state index contributed by atoms with van der Waals surface area (Å²) in [7, 11) is -4.20. The van der Waals surface area contributed by atoms with E-state index in [1.165, 1.54) is 35.2 Å². The smallest absolute Gasteiger partial charge is 0.264 e. The van der Waals surface area contributed by atoms with Crippen LogP contribution in [0.4, 0.5) is 5.69 Å². The van der Waals surface area contributed by atoms with Gasteiger partial charge < -0.3 is 10.2 Å². The van der Waals surface area contributed by atoms with E-state index in [0.717, 1.165) is 35.6 Å². The van der Waals surface area contributed by atoms with Crippen molar-refractivity contribution < 1.29 is 18.0 Å². The highest BCUT2D eigenvalue weighted by Crippen LogP contribution is 2.31. The highest BCUT2D eigenvalue weighted by molar-refractivity contribution is 7.92. The lowest BCUT2D eigenvalue weighted by atomic mass is 10.1. The van der Waals surface area contributed by atoms with Gasteiger partial charge in [0.1, 0.15) is 12.6 Å². The molecule has 11 heteroatoms. The minimum absolute atomic E-state index is 0.00846. The van der Waals surface area contributed by atoms with Gasteiger partial charge in [0.2, 0.25) is 11.8 Å². The molecule has 218 valence electrons. The number of amides is 2. The van der Waals surface area contributed by atoms with Crippen molar-refractivity contribution in [2.75, 3.05) is 10.8 Å². The summed E-state index contributed by atoms with van der Waals surface area (Å²) in [4.78, 5) is 29.1. The minimum atomic E-state index is -4.20. The van der Waals surface area contributed by atoms with Crippen LogP contribution < -0.4 is 9.62 Å². The number of carbonyl (C=O) groups is 2. The lowest BCUT2D eigenvalue weighted by Gasteiger charge is -2.34. The summed E-state index contributed by atoms with van der Waals surface area (Å²) in [6.45, 7) is 1.36. The first-order valence-electron chi connectivity index (χ1n) is 13.5. The summed E-state index contributed by atoms with van der Waals surface area (Å²) < 4.78 is 28.7. The number of rotatable bonds is 11. The molecular weight excluding hydrogens is 605 g/mol.